The minimum Gasteiger partial charge on any atom is -0.783 e. The normalized spacial score (nSPS) is 22.2. The smallest absolute Gasteiger partial charge is 0.268 e. The van der Waals surface area contributed by atoms with E-state index >= 15 is 0 Å². The van der Waals surface area contributed by atoms with Crippen LogP contribution in [0.5, 0.6) is 0 Å². The molecule has 0 aromatic rings. The van der Waals surface area contributed by atoms with E-state index in [0.29, 0.717) is 17.6 Å². The van der Waals surface area contributed by atoms with E-state index in [-0.39, 0.29) is 13.2 Å². The van der Waals surface area contributed by atoms with Crippen molar-refractivity contribution in [1.82, 2.24) is 5.06 Å². The van der Waals surface area contributed by atoms with Crippen LogP contribution in [-0.4, -0.2) is 68.3 Å². The van der Waals surface area contributed by atoms with Crippen LogP contribution in [0.25, 0.3) is 0 Å². The van der Waals surface area contributed by atoms with E-state index in [1.54, 1.807) is 0 Å². The minimum absolute atomic E-state index is 0.143. The van der Waals surface area contributed by atoms with Crippen LogP contribution < -0.4 is 4.89 Å². The van der Waals surface area contributed by atoms with Crippen LogP contribution in [0, 0.1) is 5.21 Å². The van der Waals surface area contributed by atoms with E-state index < -0.39 is 19.1 Å². The molecular formula is C27H56N2O6P-. The van der Waals surface area contributed by atoms with Gasteiger partial charge in [0.05, 0.1) is 34.4 Å². The van der Waals surface area contributed by atoms with E-state index in [1.165, 1.54) is 43.6 Å². The zero-order chi connectivity index (χ0) is 27.1. The SMILES string of the molecule is CCCCCCC1(CCCCCCCCCCCOP(=O)([O-])OCC[N+](C)(C)C)OCC(C)(C)N1[O-]. The summed E-state index contributed by atoms with van der Waals surface area (Å²) in [7, 11) is 1.77. The first-order chi connectivity index (χ1) is 16.8. The molecule has 1 saturated heterocycles. The Kier molecular flexibility index (Phi) is 15.9. The second-order valence-electron chi connectivity index (χ2n) is 12.2. The molecule has 216 valence electrons. The fourth-order valence-corrected chi connectivity index (χ4v) is 5.39. The molecule has 0 aliphatic carbocycles. The fraction of sp³-hybridized carbons (Fsp3) is 1.00. The Labute approximate surface area is 221 Å². The summed E-state index contributed by atoms with van der Waals surface area (Å²) >= 11 is 0. The van der Waals surface area contributed by atoms with Crippen molar-refractivity contribution in [3.05, 3.63) is 5.21 Å². The van der Waals surface area contributed by atoms with Crippen LogP contribution >= 0.6 is 7.82 Å². The lowest BCUT2D eigenvalue weighted by Gasteiger charge is -2.48. The van der Waals surface area contributed by atoms with Crippen LogP contribution in [0.1, 0.15) is 117 Å². The number of likely N-dealkylation sites (N-methyl/N-ethyl adjacent to an activating group) is 1. The Morgan fingerprint density at radius 3 is 1.78 bits per heavy atom. The molecule has 36 heavy (non-hydrogen) atoms. The number of phosphoric ester groups is 1. The Morgan fingerprint density at radius 2 is 1.31 bits per heavy atom. The third-order valence-corrected chi connectivity index (χ3v) is 8.01. The van der Waals surface area contributed by atoms with E-state index in [1.807, 2.05) is 35.0 Å². The van der Waals surface area contributed by atoms with Gasteiger partial charge in [-0.15, -0.1) is 0 Å². The van der Waals surface area contributed by atoms with E-state index in [2.05, 4.69) is 6.92 Å². The third kappa shape index (κ3) is 14.2. The Bertz CT molecular complexity index is 628. The molecule has 2 atom stereocenters. The van der Waals surface area contributed by atoms with Crippen LogP contribution in [0.4, 0.5) is 0 Å². The maximum atomic E-state index is 13.0. The largest absolute Gasteiger partial charge is 0.783 e. The van der Waals surface area contributed by atoms with Gasteiger partial charge < -0.3 is 33.4 Å². The summed E-state index contributed by atoms with van der Waals surface area (Å²) in [4.78, 5) is 11.8. The highest BCUT2D eigenvalue weighted by atomic mass is 31.2. The van der Waals surface area contributed by atoms with Gasteiger partial charge in [-0.05, 0) is 46.0 Å². The summed E-state index contributed by atoms with van der Waals surface area (Å²) in [6.07, 6.45) is 16.0. The van der Waals surface area contributed by atoms with Crippen LogP contribution in [0.15, 0.2) is 0 Å². The molecule has 0 aromatic heterocycles. The number of quaternary nitrogens is 1. The van der Waals surface area contributed by atoms with Crippen molar-refractivity contribution in [2.24, 2.45) is 0 Å². The lowest BCUT2D eigenvalue weighted by molar-refractivity contribution is -0.870. The van der Waals surface area contributed by atoms with Crippen molar-refractivity contribution in [2.45, 2.75) is 128 Å². The van der Waals surface area contributed by atoms with Gasteiger partial charge in [0.25, 0.3) is 7.82 Å². The Morgan fingerprint density at radius 1 is 0.833 bits per heavy atom. The first-order valence-corrected chi connectivity index (χ1v) is 15.8. The van der Waals surface area contributed by atoms with E-state index in [0.717, 1.165) is 57.8 Å². The second kappa shape index (κ2) is 16.8. The number of ether oxygens (including phenoxy) is 1. The predicted octanol–water partition coefficient (Wildman–Crippen LogP) is 6.37. The van der Waals surface area contributed by atoms with Gasteiger partial charge in [-0.3, -0.25) is 4.57 Å². The van der Waals surface area contributed by atoms with Gasteiger partial charge in [0.1, 0.15) is 18.9 Å². The highest BCUT2D eigenvalue weighted by Crippen LogP contribution is 2.41. The van der Waals surface area contributed by atoms with E-state index in [4.69, 9.17) is 13.8 Å². The standard InChI is InChI=1S/C27H57N2O6P/c1-7-8-9-17-20-27(28(30)26(2,3)25-33-27)21-18-15-13-11-10-12-14-16-19-23-34-36(31,32)35-24-22-29(4,5)6/h7-25H2,1-6H3,(H,31,32)/p-1. The molecule has 0 spiro atoms. The zero-order valence-corrected chi connectivity index (χ0v) is 25.1. The number of hydrogen-bond donors (Lipinski definition) is 0. The van der Waals surface area contributed by atoms with Gasteiger partial charge in [-0.1, -0.05) is 71.1 Å². The maximum absolute atomic E-state index is 13.0. The van der Waals surface area contributed by atoms with Gasteiger partial charge in [0.15, 0.2) is 0 Å². The predicted molar refractivity (Wildman–Crippen MR) is 145 cm³/mol. The summed E-state index contributed by atoms with van der Waals surface area (Å²) in [5.41, 5.74) is -1.05. The summed E-state index contributed by atoms with van der Waals surface area (Å²) < 4.78 is 28.4. The van der Waals surface area contributed by atoms with Crippen molar-refractivity contribution in [3.8, 4) is 0 Å². The topological polar surface area (TPSA) is 94.1 Å². The zero-order valence-electron chi connectivity index (χ0n) is 24.2. The third-order valence-electron chi connectivity index (χ3n) is 7.01. The molecule has 9 heteroatoms. The van der Waals surface area contributed by atoms with E-state index in [9.17, 15) is 14.7 Å². The van der Waals surface area contributed by atoms with Crippen molar-refractivity contribution in [3.63, 3.8) is 0 Å². The van der Waals surface area contributed by atoms with Crippen molar-refractivity contribution >= 4 is 7.82 Å². The number of nitrogens with zero attached hydrogens (tertiary/aromatic N) is 2. The molecule has 0 bridgehead atoms. The lowest BCUT2D eigenvalue weighted by Crippen LogP contribution is -2.48. The van der Waals surface area contributed by atoms with Crippen LogP contribution in [0.2, 0.25) is 0 Å². The number of unbranched alkanes of at least 4 members (excludes halogenated alkanes) is 11. The maximum Gasteiger partial charge on any atom is 0.268 e. The van der Waals surface area contributed by atoms with Crippen molar-refractivity contribution in [1.29, 1.82) is 0 Å². The van der Waals surface area contributed by atoms with Gasteiger partial charge in [0, 0.05) is 5.54 Å². The lowest BCUT2D eigenvalue weighted by atomic mass is 9.95. The summed E-state index contributed by atoms with van der Waals surface area (Å²) in [5, 5.41) is 14.3. The molecule has 0 N–H and O–H groups in total. The summed E-state index contributed by atoms with van der Waals surface area (Å²) in [5.74, 6) is 0. The molecule has 1 rings (SSSR count). The van der Waals surface area contributed by atoms with Crippen LogP contribution in [0.3, 0.4) is 0 Å². The number of hydrogen-bond acceptors (Lipinski definition) is 7. The highest BCUT2D eigenvalue weighted by molar-refractivity contribution is 7.45. The Balaban J connectivity index is 2.08. The number of phosphoric acid groups is 1. The highest BCUT2D eigenvalue weighted by Gasteiger charge is 2.45. The van der Waals surface area contributed by atoms with Crippen LogP contribution in [-0.2, 0) is 18.3 Å². The summed E-state index contributed by atoms with van der Waals surface area (Å²) in [6, 6.07) is 0. The minimum atomic E-state index is -4.18. The Hall–Kier alpha value is -0.0500. The second-order valence-corrected chi connectivity index (χ2v) is 13.6. The first-order valence-electron chi connectivity index (χ1n) is 14.4. The number of rotatable bonds is 22. The molecule has 1 heterocycles. The molecule has 0 aromatic carbocycles. The molecule has 2 unspecified atom stereocenters. The fourth-order valence-electron chi connectivity index (χ4n) is 4.66. The number of hydroxylamine groups is 2. The monoisotopic (exact) mass is 535 g/mol. The average Bonchev–Trinajstić information content (AvgIpc) is 3.00. The molecular weight excluding hydrogens is 479 g/mol. The van der Waals surface area contributed by atoms with Crippen molar-refractivity contribution < 1.29 is 27.7 Å². The average molecular weight is 536 g/mol. The molecule has 8 nitrogen and oxygen atoms in total. The van der Waals surface area contributed by atoms with Gasteiger partial charge in [0.2, 0.25) is 0 Å². The molecule has 0 radical (unpaired) electrons. The van der Waals surface area contributed by atoms with Crippen molar-refractivity contribution in [2.75, 3.05) is 47.5 Å². The quantitative estimate of drug-likeness (QED) is 0.0903. The molecule has 1 aliphatic heterocycles. The molecule has 1 fully saturated rings. The first kappa shape index (κ1) is 34.0. The van der Waals surface area contributed by atoms with Gasteiger partial charge in [-0.2, -0.15) is 0 Å². The summed E-state index contributed by atoms with van der Waals surface area (Å²) in [6.45, 7) is 7.65. The van der Waals surface area contributed by atoms with Gasteiger partial charge >= 0.3 is 0 Å². The molecule has 0 saturated carbocycles. The molecule has 1 aliphatic rings. The molecule has 0 amide bonds. The van der Waals surface area contributed by atoms with Gasteiger partial charge in [-0.25, -0.2) is 0 Å².